The molecule has 0 radical (unpaired) electrons. The first-order chi connectivity index (χ1) is 25.4. The highest BCUT2D eigenvalue weighted by molar-refractivity contribution is 5.83. The maximum absolute atomic E-state index is 12.7. The molecule has 0 heterocycles. The third-order valence-corrected chi connectivity index (χ3v) is 9.04. The Morgan fingerprint density at radius 3 is 1.62 bits per heavy atom. The number of carboxylic acids is 1. The molecule has 2 unspecified atom stereocenters. The van der Waals surface area contributed by atoms with Crippen LogP contribution in [0.2, 0.25) is 0 Å². The third kappa shape index (κ3) is 35.5. The lowest BCUT2D eigenvalue weighted by molar-refractivity contribution is -0.147. The highest BCUT2D eigenvalue weighted by Gasteiger charge is 2.18. The van der Waals surface area contributed by atoms with Crippen LogP contribution in [0.3, 0.4) is 0 Å². The van der Waals surface area contributed by atoms with Crippen LogP contribution in [-0.2, 0) is 19.1 Å². The Kier molecular flexibility index (Phi) is 37.1. The van der Waals surface area contributed by atoms with Gasteiger partial charge in [-0.25, -0.2) is 4.79 Å². The van der Waals surface area contributed by atoms with Crippen LogP contribution in [0, 0.1) is 0 Å². The van der Waals surface area contributed by atoms with E-state index < -0.39 is 12.0 Å². The van der Waals surface area contributed by atoms with Crippen LogP contribution in [0.1, 0.15) is 187 Å². The number of amides is 1. The number of unbranched alkanes of at least 4 members (excludes halogenated alkanes) is 15. The van der Waals surface area contributed by atoms with Gasteiger partial charge in [-0.1, -0.05) is 133 Å². The zero-order valence-corrected chi connectivity index (χ0v) is 33.4. The first-order valence-electron chi connectivity index (χ1n) is 21.1. The van der Waals surface area contributed by atoms with Gasteiger partial charge >= 0.3 is 11.9 Å². The molecule has 0 aromatic heterocycles. The van der Waals surface area contributed by atoms with Gasteiger partial charge in [-0.15, -0.1) is 0 Å². The van der Waals surface area contributed by atoms with Crippen LogP contribution in [0.15, 0.2) is 60.8 Å². The normalized spacial score (nSPS) is 13.3. The monoisotopic (exact) mass is 727 g/mol. The van der Waals surface area contributed by atoms with E-state index in [0.29, 0.717) is 32.2 Å². The number of esters is 1. The molecule has 4 N–H and O–H groups in total. The molecular weight excluding hydrogens is 649 g/mol. The van der Waals surface area contributed by atoms with Crippen LogP contribution in [0.5, 0.6) is 0 Å². The second kappa shape index (κ2) is 39.3. The Morgan fingerprint density at radius 1 is 0.577 bits per heavy atom. The predicted molar refractivity (Wildman–Crippen MR) is 220 cm³/mol. The SMILES string of the molecule is CCCCC/C=C\C/C=C\C/C=C\C(CCCCCCCC(=O)NC(CCCN)C(=O)O)OC(=O)CCCCCCC/C=C\C/C=C\CCCCC. The molecule has 0 spiro atoms. The molecule has 1 amide bonds. The van der Waals surface area contributed by atoms with Crippen molar-refractivity contribution in [2.75, 3.05) is 6.54 Å². The summed E-state index contributed by atoms with van der Waals surface area (Å²) in [6.07, 6.45) is 48.4. The van der Waals surface area contributed by atoms with Crippen LogP contribution in [-0.4, -0.2) is 41.6 Å². The van der Waals surface area contributed by atoms with Gasteiger partial charge in [0.2, 0.25) is 5.91 Å². The van der Waals surface area contributed by atoms with E-state index in [1.807, 2.05) is 6.08 Å². The lowest BCUT2D eigenvalue weighted by Crippen LogP contribution is -2.40. The Labute approximate surface area is 319 Å². The molecule has 0 aliphatic rings. The standard InChI is InChI=1S/C45H78N2O5/c1-3-5-7-9-11-13-15-16-17-18-20-22-24-29-33-39-44(49)52-41(35-30-26-23-21-19-14-12-10-8-6-4-2)36-31-27-25-28-32-38-43(48)47-42(45(50)51)37-34-40-46/h11-14,16-17,21,23,30,35,41-42H,3-10,15,18-20,22,24-29,31-34,36-40,46H2,1-2H3,(H,47,48)(H,50,51)/b13-11-,14-12-,17-16-,23-21-,35-30-. The van der Waals surface area contributed by atoms with Crippen LogP contribution in [0.25, 0.3) is 0 Å². The minimum absolute atomic E-state index is 0.110. The van der Waals surface area contributed by atoms with Crippen molar-refractivity contribution in [3.05, 3.63) is 60.8 Å². The Bertz CT molecular complexity index is 1000. The number of carbonyl (C=O) groups is 3. The molecular formula is C45H78N2O5. The van der Waals surface area contributed by atoms with Crippen molar-refractivity contribution in [2.24, 2.45) is 5.73 Å². The average molecular weight is 727 g/mol. The zero-order valence-electron chi connectivity index (χ0n) is 33.4. The molecule has 0 rings (SSSR count). The van der Waals surface area contributed by atoms with Gasteiger partial charge in [-0.2, -0.15) is 0 Å². The number of hydrogen-bond acceptors (Lipinski definition) is 5. The Hall–Kier alpha value is -2.93. The first kappa shape index (κ1) is 49.1. The van der Waals surface area contributed by atoms with Gasteiger partial charge in [-0.05, 0) is 109 Å². The largest absolute Gasteiger partial charge is 0.480 e. The molecule has 0 aromatic rings. The fraction of sp³-hybridized carbons (Fsp3) is 0.711. The van der Waals surface area contributed by atoms with Crippen LogP contribution < -0.4 is 11.1 Å². The van der Waals surface area contributed by atoms with E-state index in [1.165, 1.54) is 57.8 Å². The van der Waals surface area contributed by atoms with E-state index in [-0.39, 0.29) is 18.0 Å². The number of nitrogens with one attached hydrogen (secondary N) is 1. The minimum atomic E-state index is -1.02. The van der Waals surface area contributed by atoms with Crippen molar-refractivity contribution in [3.63, 3.8) is 0 Å². The summed E-state index contributed by atoms with van der Waals surface area (Å²) in [6.45, 7) is 4.87. The molecule has 0 saturated heterocycles. The second-order valence-corrected chi connectivity index (χ2v) is 14.0. The number of hydrogen-bond donors (Lipinski definition) is 3. The highest BCUT2D eigenvalue weighted by atomic mass is 16.5. The van der Waals surface area contributed by atoms with E-state index >= 15 is 0 Å². The summed E-state index contributed by atoms with van der Waals surface area (Å²) in [5.74, 6) is -1.35. The summed E-state index contributed by atoms with van der Waals surface area (Å²) in [5.41, 5.74) is 5.48. The van der Waals surface area contributed by atoms with Crippen molar-refractivity contribution in [1.82, 2.24) is 5.32 Å². The number of aliphatic carboxylic acids is 1. The second-order valence-electron chi connectivity index (χ2n) is 14.0. The minimum Gasteiger partial charge on any atom is -0.480 e. The van der Waals surface area contributed by atoms with Crippen LogP contribution >= 0.6 is 0 Å². The fourth-order valence-corrected chi connectivity index (χ4v) is 5.82. The van der Waals surface area contributed by atoms with Crippen molar-refractivity contribution in [1.29, 1.82) is 0 Å². The van der Waals surface area contributed by atoms with E-state index in [1.54, 1.807) is 0 Å². The number of carboxylic acid groups (broad SMARTS) is 1. The molecule has 298 valence electrons. The van der Waals surface area contributed by atoms with Crippen molar-refractivity contribution < 1.29 is 24.2 Å². The zero-order chi connectivity index (χ0) is 38.2. The van der Waals surface area contributed by atoms with Gasteiger partial charge < -0.3 is 20.9 Å². The summed E-state index contributed by atoms with van der Waals surface area (Å²) in [4.78, 5) is 36.3. The van der Waals surface area contributed by atoms with Gasteiger partial charge in [0.15, 0.2) is 0 Å². The van der Waals surface area contributed by atoms with Gasteiger partial charge in [0.05, 0.1) is 0 Å². The van der Waals surface area contributed by atoms with Gasteiger partial charge in [-0.3, -0.25) is 9.59 Å². The molecule has 7 heteroatoms. The van der Waals surface area contributed by atoms with Crippen molar-refractivity contribution in [3.8, 4) is 0 Å². The summed E-state index contributed by atoms with van der Waals surface area (Å²) in [7, 11) is 0. The Balaban J connectivity index is 4.47. The van der Waals surface area contributed by atoms with Crippen molar-refractivity contribution in [2.45, 2.75) is 199 Å². The number of nitrogens with two attached hydrogens (primary N) is 1. The summed E-state index contributed by atoms with van der Waals surface area (Å²) in [5, 5.41) is 11.9. The lowest BCUT2D eigenvalue weighted by atomic mass is 10.1. The molecule has 0 aliphatic heterocycles. The molecule has 0 aliphatic carbocycles. The topological polar surface area (TPSA) is 119 Å². The maximum atomic E-state index is 12.7. The van der Waals surface area contributed by atoms with Crippen LogP contribution in [0.4, 0.5) is 0 Å². The molecule has 52 heavy (non-hydrogen) atoms. The molecule has 0 saturated carbocycles. The Morgan fingerprint density at radius 2 is 1.06 bits per heavy atom. The van der Waals surface area contributed by atoms with Crippen molar-refractivity contribution >= 4 is 17.8 Å². The van der Waals surface area contributed by atoms with Gasteiger partial charge in [0.25, 0.3) is 0 Å². The average Bonchev–Trinajstić information content (AvgIpc) is 3.13. The first-order valence-corrected chi connectivity index (χ1v) is 21.1. The quantitative estimate of drug-likeness (QED) is 0.0333. The number of rotatable bonds is 37. The van der Waals surface area contributed by atoms with E-state index in [0.717, 1.165) is 89.9 Å². The van der Waals surface area contributed by atoms with Gasteiger partial charge in [0, 0.05) is 12.8 Å². The smallest absolute Gasteiger partial charge is 0.326 e. The molecule has 7 nitrogen and oxygen atoms in total. The summed E-state index contributed by atoms with van der Waals surface area (Å²) in [6, 6.07) is -0.869. The maximum Gasteiger partial charge on any atom is 0.326 e. The predicted octanol–water partition coefficient (Wildman–Crippen LogP) is 11.8. The lowest BCUT2D eigenvalue weighted by Gasteiger charge is -2.15. The molecule has 2 atom stereocenters. The number of allylic oxidation sites excluding steroid dienone is 9. The summed E-state index contributed by atoms with van der Waals surface area (Å²) < 4.78 is 5.92. The van der Waals surface area contributed by atoms with E-state index in [9.17, 15) is 19.5 Å². The number of carbonyl (C=O) groups excluding carboxylic acids is 2. The summed E-state index contributed by atoms with van der Waals surface area (Å²) >= 11 is 0. The molecule has 0 aromatic carbocycles. The van der Waals surface area contributed by atoms with E-state index in [4.69, 9.17) is 10.5 Å². The molecule has 0 fully saturated rings. The highest BCUT2D eigenvalue weighted by Crippen LogP contribution is 2.15. The molecule has 0 bridgehead atoms. The van der Waals surface area contributed by atoms with Gasteiger partial charge in [0.1, 0.15) is 12.1 Å². The van der Waals surface area contributed by atoms with E-state index in [2.05, 4.69) is 73.8 Å². The third-order valence-electron chi connectivity index (χ3n) is 9.04. The number of ether oxygens (including phenoxy) is 1. The fourth-order valence-electron chi connectivity index (χ4n) is 5.82.